The molecule has 0 spiro atoms. The summed E-state index contributed by atoms with van der Waals surface area (Å²) in [5.41, 5.74) is 2.27. The lowest BCUT2D eigenvalue weighted by Crippen LogP contribution is -2.46. The molecule has 0 fully saturated rings. The zero-order valence-electron chi connectivity index (χ0n) is 20.9. The number of aromatic nitrogens is 3. The number of carbonyl (C=O) groups excluding carboxylic acids is 1. The highest BCUT2D eigenvalue weighted by Crippen LogP contribution is 2.47. The van der Waals surface area contributed by atoms with Gasteiger partial charge in [-0.1, -0.05) is 12.1 Å². The van der Waals surface area contributed by atoms with Crippen LogP contribution in [0.4, 0.5) is 5.69 Å². The highest BCUT2D eigenvalue weighted by atomic mass is 16.5. The fourth-order valence-corrected chi connectivity index (χ4v) is 4.97. The Morgan fingerprint density at radius 1 is 1.09 bits per heavy atom. The van der Waals surface area contributed by atoms with Crippen molar-refractivity contribution in [2.75, 3.05) is 11.9 Å². The van der Waals surface area contributed by atoms with E-state index in [0.717, 1.165) is 16.8 Å². The van der Waals surface area contributed by atoms with Gasteiger partial charge in [0, 0.05) is 36.0 Å². The SMILES string of the molecule is CC(=O)c1ccc(-n2c(=O)n3n(c2=O)C2C(=CC3)C(C)(C)Oc3cc(N(C)C(C)C)ccc32)cc1. The number of ketones is 1. The first kappa shape index (κ1) is 23.0. The molecule has 5 rings (SSSR count). The Kier molecular flexibility index (Phi) is 5.16. The van der Waals surface area contributed by atoms with E-state index in [4.69, 9.17) is 4.74 Å². The third-order valence-electron chi connectivity index (χ3n) is 7.15. The summed E-state index contributed by atoms with van der Waals surface area (Å²) in [6.07, 6.45) is 1.99. The monoisotopic (exact) mass is 474 g/mol. The summed E-state index contributed by atoms with van der Waals surface area (Å²) in [5.74, 6) is 0.627. The van der Waals surface area contributed by atoms with Crippen LogP contribution in [0.2, 0.25) is 0 Å². The highest BCUT2D eigenvalue weighted by Gasteiger charge is 2.44. The maximum Gasteiger partial charge on any atom is 0.352 e. The molecular weight excluding hydrogens is 444 g/mol. The van der Waals surface area contributed by atoms with E-state index < -0.39 is 23.0 Å². The minimum absolute atomic E-state index is 0.0749. The first-order valence-electron chi connectivity index (χ1n) is 11.8. The Morgan fingerprint density at radius 3 is 2.40 bits per heavy atom. The van der Waals surface area contributed by atoms with Gasteiger partial charge in [-0.25, -0.2) is 23.5 Å². The van der Waals surface area contributed by atoms with Gasteiger partial charge in [0.15, 0.2) is 5.78 Å². The van der Waals surface area contributed by atoms with Crippen molar-refractivity contribution >= 4 is 11.5 Å². The second kappa shape index (κ2) is 7.86. The van der Waals surface area contributed by atoms with Crippen LogP contribution in [0.3, 0.4) is 0 Å². The van der Waals surface area contributed by atoms with E-state index in [1.807, 2.05) is 45.2 Å². The second-order valence-corrected chi connectivity index (χ2v) is 10.0. The third kappa shape index (κ3) is 3.47. The van der Waals surface area contributed by atoms with E-state index in [0.29, 0.717) is 23.0 Å². The third-order valence-corrected chi connectivity index (χ3v) is 7.15. The highest BCUT2D eigenvalue weighted by molar-refractivity contribution is 5.94. The van der Waals surface area contributed by atoms with E-state index in [9.17, 15) is 14.4 Å². The van der Waals surface area contributed by atoms with Crippen LogP contribution in [0.15, 0.2) is 63.7 Å². The molecule has 35 heavy (non-hydrogen) atoms. The molecule has 1 atom stereocenters. The van der Waals surface area contributed by atoms with Gasteiger partial charge in [0.2, 0.25) is 0 Å². The molecular formula is C27H30N4O4. The van der Waals surface area contributed by atoms with Crippen LogP contribution < -0.4 is 21.0 Å². The molecule has 3 aromatic rings. The van der Waals surface area contributed by atoms with Gasteiger partial charge in [-0.3, -0.25) is 4.79 Å². The number of fused-ring (bicyclic) bond motifs is 5. The van der Waals surface area contributed by atoms with Gasteiger partial charge in [0.25, 0.3) is 0 Å². The summed E-state index contributed by atoms with van der Waals surface area (Å²) < 4.78 is 10.6. The molecule has 0 radical (unpaired) electrons. The molecule has 0 N–H and O–H groups in total. The summed E-state index contributed by atoms with van der Waals surface area (Å²) in [6.45, 7) is 9.98. The Morgan fingerprint density at radius 2 is 1.77 bits per heavy atom. The van der Waals surface area contributed by atoms with Crippen LogP contribution in [0.25, 0.3) is 5.69 Å². The standard InChI is InChI=1S/C27H30N4O4/c1-16(2)28(6)20-11-12-21-23(15-20)35-27(4,5)22-13-14-29-25(33)30(26(34)31(29)24(21)22)19-9-7-18(8-10-19)17(3)32/h7-13,15-16,24H,14H2,1-6H3. The van der Waals surface area contributed by atoms with Crippen LogP contribution in [-0.4, -0.2) is 38.4 Å². The minimum Gasteiger partial charge on any atom is -0.483 e. The summed E-state index contributed by atoms with van der Waals surface area (Å²) in [4.78, 5) is 41.0. The molecule has 1 unspecified atom stereocenters. The largest absolute Gasteiger partial charge is 0.483 e. The molecule has 2 aliphatic rings. The Hall–Kier alpha value is -3.81. The van der Waals surface area contributed by atoms with Crippen LogP contribution in [0.1, 0.15) is 56.6 Å². The quantitative estimate of drug-likeness (QED) is 0.427. The molecule has 0 bridgehead atoms. The van der Waals surface area contributed by atoms with Gasteiger partial charge in [0.05, 0.1) is 12.2 Å². The van der Waals surface area contributed by atoms with Gasteiger partial charge in [-0.05, 0) is 70.5 Å². The molecule has 0 saturated heterocycles. The molecule has 182 valence electrons. The van der Waals surface area contributed by atoms with E-state index in [1.165, 1.54) is 16.2 Å². The van der Waals surface area contributed by atoms with E-state index in [2.05, 4.69) is 18.7 Å². The van der Waals surface area contributed by atoms with Crippen molar-refractivity contribution in [3.05, 3.63) is 86.2 Å². The zero-order valence-corrected chi connectivity index (χ0v) is 20.9. The van der Waals surface area contributed by atoms with Crippen LogP contribution in [0.5, 0.6) is 5.75 Å². The average Bonchev–Trinajstić information content (AvgIpc) is 3.07. The molecule has 0 amide bonds. The molecule has 0 saturated carbocycles. The van der Waals surface area contributed by atoms with Crippen molar-refractivity contribution in [2.24, 2.45) is 0 Å². The molecule has 3 heterocycles. The maximum absolute atomic E-state index is 13.8. The van der Waals surface area contributed by atoms with Gasteiger partial charge >= 0.3 is 11.4 Å². The molecule has 8 nitrogen and oxygen atoms in total. The lowest BCUT2D eigenvalue weighted by Gasteiger charge is -2.43. The average molecular weight is 475 g/mol. The van der Waals surface area contributed by atoms with Crippen molar-refractivity contribution in [1.29, 1.82) is 0 Å². The zero-order chi connectivity index (χ0) is 25.2. The number of rotatable bonds is 4. The van der Waals surface area contributed by atoms with Gasteiger partial charge in [-0.2, -0.15) is 0 Å². The number of Topliss-reactive ketones (excluding diaryl/α,β-unsaturated/α-hetero) is 1. The van der Waals surface area contributed by atoms with Crippen LogP contribution in [0, 0.1) is 0 Å². The van der Waals surface area contributed by atoms with Gasteiger partial charge < -0.3 is 9.64 Å². The first-order valence-corrected chi connectivity index (χ1v) is 11.8. The van der Waals surface area contributed by atoms with Crippen molar-refractivity contribution in [3.63, 3.8) is 0 Å². The number of ether oxygens (including phenoxy) is 1. The second-order valence-electron chi connectivity index (χ2n) is 10.0. The molecule has 1 aromatic heterocycles. The summed E-state index contributed by atoms with van der Waals surface area (Å²) in [7, 11) is 2.03. The summed E-state index contributed by atoms with van der Waals surface area (Å²) >= 11 is 0. The minimum atomic E-state index is -0.654. The summed E-state index contributed by atoms with van der Waals surface area (Å²) in [6, 6.07) is 12.4. The Labute approximate surface area is 203 Å². The smallest absolute Gasteiger partial charge is 0.352 e. The molecule has 0 aliphatic carbocycles. The topological polar surface area (TPSA) is 78.5 Å². The predicted octanol–water partition coefficient (Wildman–Crippen LogP) is 3.55. The molecule has 8 heteroatoms. The fourth-order valence-electron chi connectivity index (χ4n) is 4.97. The number of nitrogens with zero attached hydrogens (tertiary/aromatic N) is 4. The lowest BCUT2D eigenvalue weighted by atomic mass is 9.83. The summed E-state index contributed by atoms with van der Waals surface area (Å²) in [5, 5.41) is 0. The van der Waals surface area contributed by atoms with Crippen molar-refractivity contribution in [3.8, 4) is 11.4 Å². The number of hydrogen-bond donors (Lipinski definition) is 0. The van der Waals surface area contributed by atoms with Crippen molar-refractivity contribution < 1.29 is 9.53 Å². The number of anilines is 1. The molecule has 2 aliphatic heterocycles. The number of allylic oxidation sites excluding steroid dienone is 1. The normalized spacial score (nSPS) is 17.7. The fraction of sp³-hybridized carbons (Fsp3) is 0.370. The number of carbonyl (C=O) groups is 1. The van der Waals surface area contributed by atoms with E-state index >= 15 is 0 Å². The van der Waals surface area contributed by atoms with Crippen molar-refractivity contribution in [1.82, 2.24) is 13.9 Å². The van der Waals surface area contributed by atoms with Gasteiger partial charge in [0.1, 0.15) is 17.4 Å². The Bertz CT molecular complexity index is 1480. The Balaban J connectivity index is 1.69. The predicted molar refractivity (Wildman–Crippen MR) is 135 cm³/mol. The number of benzene rings is 2. The molecule has 2 aromatic carbocycles. The first-order chi connectivity index (χ1) is 16.5. The maximum atomic E-state index is 13.8. The van der Waals surface area contributed by atoms with Gasteiger partial charge in [-0.15, -0.1) is 0 Å². The number of hydrogen-bond acceptors (Lipinski definition) is 5. The lowest BCUT2D eigenvalue weighted by molar-refractivity contribution is 0.101. The van der Waals surface area contributed by atoms with Crippen LogP contribution in [-0.2, 0) is 6.54 Å². The van der Waals surface area contributed by atoms with Crippen molar-refractivity contribution in [2.45, 2.75) is 58.8 Å². The van der Waals surface area contributed by atoms with E-state index in [1.54, 1.807) is 28.9 Å². The van der Waals surface area contributed by atoms with E-state index in [-0.39, 0.29) is 12.3 Å². The van der Waals surface area contributed by atoms with Crippen LogP contribution >= 0.6 is 0 Å².